The van der Waals surface area contributed by atoms with Crippen LogP contribution in [0.4, 0.5) is 0 Å². The molecule has 2 unspecified atom stereocenters. The lowest BCUT2D eigenvalue weighted by atomic mass is 10.4. The van der Waals surface area contributed by atoms with Gasteiger partial charge in [0.15, 0.2) is 0 Å². The summed E-state index contributed by atoms with van der Waals surface area (Å²) in [6.07, 6.45) is 0. The quantitative estimate of drug-likeness (QED) is 0.311. The lowest BCUT2D eigenvalue weighted by molar-refractivity contribution is -0.138. The lowest BCUT2D eigenvalue weighted by Crippen LogP contribution is -2.33. The predicted molar refractivity (Wildman–Crippen MR) is 28.5 cm³/mol. The van der Waals surface area contributed by atoms with Crippen LogP contribution in [0.25, 0.3) is 0 Å². The average Bonchev–Trinajstić information content (AvgIpc) is 2.56. The minimum atomic E-state index is -0.178. The zero-order valence-electron chi connectivity index (χ0n) is 4.92. The molecular formula is C5H6N2O2. The maximum atomic E-state index is 10.8. The van der Waals surface area contributed by atoms with Crippen molar-refractivity contribution < 1.29 is 9.59 Å². The Morgan fingerprint density at radius 2 is 1.78 bits per heavy atom. The molecule has 9 heavy (non-hydrogen) atoms. The van der Waals surface area contributed by atoms with E-state index in [4.69, 9.17) is 0 Å². The minimum absolute atomic E-state index is 0.0926. The monoisotopic (exact) mass is 126 g/mol. The molecule has 2 fully saturated rings. The molecule has 0 saturated carbocycles. The summed E-state index contributed by atoms with van der Waals surface area (Å²) in [7, 11) is 1.51. The molecule has 2 aliphatic heterocycles. The smallest absolute Gasteiger partial charge is 0.248 e. The van der Waals surface area contributed by atoms with Crippen LogP contribution in [0.15, 0.2) is 0 Å². The topological polar surface area (TPSA) is 59.3 Å². The standard InChI is InChI=1S/C5H6N2O2/c1-7-4(8)2-3(6-2)5(7)9/h2-3,6H,1H3. The fourth-order valence-electron chi connectivity index (χ4n) is 1.09. The molecule has 2 atom stereocenters. The molecular weight excluding hydrogens is 120 g/mol. The van der Waals surface area contributed by atoms with Crippen LogP contribution in [-0.2, 0) is 9.59 Å². The van der Waals surface area contributed by atoms with Crippen LogP contribution in [0.3, 0.4) is 0 Å². The van der Waals surface area contributed by atoms with Gasteiger partial charge in [-0.1, -0.05) is 0 Å². The number of nitrogens with zero attached hydrogens (tertiary/aromatic N) is 1. The number of hydrogen-bond donors (Lipinski definition) is 1. The first-order valence-corrected chi connectivity index (χ1v) is 2.79. The number of likely N-dealkylation sites (tertiary alicyclic amines) is 1. The molecule has 2 saturated heterocycles. The van der Waals surface area contributed by atoms with E-state index in [9.17, 15) is 9.59 Å². The van der Waals surface area contributed by atoms with Crippen LogP contribution in [0, 0.1) is 0 Å². The van der Waals surface area contributed by atoms with Crippen molar-refractivity contribution in [2.45, 2.75) is 12.1 Å². The van der Waals surface area contributed by atoms with E-state index in [1.165, 1.54) is 11.9 Å². The van der Waals surface area contributed by atoms with E-state index in [0.717, 1.165) is 0 Å². The zero-order valence-corrected chi connectivity index (χ0v) is 4.92. The Morgan fingerprint density at radius 1 is 1.33 bits per heavy atom. The minimum Gasteiger partial charge on any atom is -0.291 e. The van der Waals surface area contributed by atoms with Gasteiger partial charge < -0.3 is 0 Å². The molecule has 2 aliphatic rings. The first-order chi connectivity index (χ1) is 4.22. The van der Waals surface area contributed by atoms with Gasteiger partial charge in [-0.3, -0.25) is 19.8 Å². The molecule has 0 aromatic carbocycles. The van der Waals surface area contributed by atoms with Crippen LogP contribution < -0.4 is 5.32 Å². The summed E-state index contributed by atoms with van der Waals surface area (Å²) < 4.78 is 0. The van der Waals surface area contributed by atoms with Gasteiger partial charge in [0.05, 0.1) is 0 Å². The lowest BCUT2D eigenvalue weighted by Gasteiger charge is -2.06. The van der Waals surface area contributed by atoms with Crippen molar-refractivity contribution in [3.8, 4) is 0 Å². The van der Waals surface area contributed by atoms with Gasteiger partial charge >= 0.3 is 0 Å². The number of fused-ring (bicyclic) bond motifs is 1. The highest BCUT2D eigenvalue weighted by Gasteiger charge is 2.57. The predicted octanol–water partition coefficient (Wildman–Crippen LogP) is -1.67. The molecule has 0 aliphatic carbocycles. The number of carbonyl (C=O) groups excluding carboxylic acids is 2. The third-order valence-corrected chi connectivity index (χ3v) is 1.78. The molecule has 0 bridgehead atoms. The first-order valence-electron chi connectivity index (χ1n) is 2.79. The fraction of sp³-hybridized carbons (Fsp3) is 0.600. The van der Waals surface area contributed by atoms with E-state index in [2.05, 4.69) is 5.32 Å². The van der Waals surface area contributed by atoms with E-state index < -0.39 is 0 Å². The van der Waals surface area contributed by atoms with Gasteiger partial charge in [0.1, 0.15) is 12.1 Å². The molecule has 4 nitrogen and oxygen atoms in total. The number of nitrogens with one attached hydrogen (secondary N) is 1. The molecule has 4 heteroatoms. The van der Waals surface area contributed by atoms with Gasteiger partial charge in [0.2, 0.25) is 11.8 Å². The van der Waals surface area contributed by atoms with Crippen LogP contribution in [0.5, 0.6) is 0 Å². The average molecular weight is 126 g/mol. The summed E-state index contributed by atoms with van der Waals surface area (Å²) in [5, 5.41) is 2.76. The molecule has 0 aromatic heterocycles. The Kier molecular flexibility index (Phi) is 0.635. The Bertz CT molecular complexity index is 181. The third-order valence-electron chi connectivity index (χ3n) is 1.78. The number of likely N-dealkylation sites (N-methyl/N-ethyl adjacent to an activating group) is 1. The summed E-state index contributed by atoms with van der Waals surface area (Å²) in [5.74, 6) is -0.185. The molecule has 1 N–H and O–H groups in total. The van der Waals surface area contributed by atoms with E-state index >= 15 is 0 Å². The van der Waals surface area contributed by atoms with Crippen molar-refractivity contribution in [3.63, 3.8) is 0 Å². The first kappa shape index (κ1) is 4.93. The Labute approximate surface area is 51.8 Å². The normalized spacial score (nSPS) is 39.4. The maximum absolute atomic E-state index is 10.8. The van der Waals surface area contributed by atoms with E-state index in [1.807, 2.05) is 0 Å². The van der Waals surface area contributed by atoms with Crippen molar-refractivity contribution in [1.29, 1.82) is 0 Å². The summed E-state index contributed by atoms with van der Waals surface area (Å²) >= 11 is 0. The molecule has 0 radical (unpaired) electrons. The number of hydrogen-bond acceptors (Lipinski definition) is 3. The largest absolute Gasteiger partial charge is 0.291 e. The van der Waals surface area contributed by atoms with E-state index in [0.29, 0.717) is 0 Å². The van der Waals surface area contributed by atoms with Crippen LogP contribution in [-0.4, -0.2) is 35.8 Å². The zero-order chi connectivity index (χ0) is 6.59. The molecule has 2 heterocycles. The van der Waals surface area contributed by atoms with Crippen molar-refractivity contribution in [3.05, 3.63) is 0 Å². The summed E-state index contributed by atoms with van der Waals surface area (Å²) in [5.41, 5.74) is 0. The molecule has 2 amide bonds. The Morgan fingerprint density at radius 3 is 2.00 bits per heavy atom. The SMILES string of the molecule is CN1C(=O)C2NC2C1=O. The summed E-state index contributed by atoms with van der Waals surface area (Å²) in [6, 6.07) is -0.356. The fourth-order valence-corrected chi connectivity index (χ4v) is 1.09. The van der Waals surface area contributed by atoms with Gasteiger partial charge in [-0.05, 0) is 0 Å². The van der Waals surface area contributed by atoms with Crippen molar-refractivity contribution >= 4 is 11.8 Å². The highest BCUT2D eigenvalue weighted by Crippen LogP contribution is 2.22. The van der Waals surface area contributed by atoms with E-state index in [-0.39, 0.29) is 23.9 Å². The van der Waals surface area contributed by atoms with Gasteiger partial charge in [-0.15, -0.1) is 0 Å². The van der Waals surface area contributed by atoms with Crippen LogP contribution in [0.1, 0.15) is 0 Å². The molecule has 0 aromatic rings. The number of rotatable bonds is 0. The number of piperazine rings is 1. The summed E-state index contributed by atoms with van der Waals surface area (Å²) in [6.45, 7) is 0. The van der Waals surface area contributed by atoms with Crippen molar-refractivity contribution in [2.75, 3.05) is 7.05 Å². The van der Waals surface area contributed by atoms with E-state index in [1.54, 1.807) is 0 Å². The highest BCUT2D eigenvalue weighted by molar-refractivity contribution is 6.12. The van der Waals surface area contributed by atoms with Gasteiger partial charge in [-0.2, -0.15) is 0 Å². The van der Waals surface area contributed by atoms with Crippen molar-refractivity contribution in [1.82, 2.24) is 10.2 Å². The van der Waals surface area contributed by atoms with Gasteiger partial charge in [0.25, 0.3) is 0 Å². The van der Waals surface area contributed by atoms with Crippen LogP contribution in [0.2, 0.25) is 0 Å². The third kappa shape index (κ3) is 0.415. The number of carbonyl (C=O) groups is 2. The highest BCUT2D eigenvalue weighted by atomic mass is 16.2. The van der Waals surface area contributed by atoms with Crippen molar-refractivity contribution in [2.24, 2.45) is 0 Å². The molecule has 0 spiro atoms. The van der Waals surface area contributed by atoms with Gasteiger partial charge in [-0.25, -0.2) is 0 Å². The number of amides is 2. The Hall–Kier alpha value is -0.900. The maximum Gasteiger partial charge on any atom is 0.248 e. The second-order valence-electron chi connectivity index (χ2n) is 2.36. The summed E-state index contributed by atoms with van der Waals surface area (Å²) in [4.78, 5) is 22.8. The second kappa shape index (κ2) is 1.16. The van der Waals surface area contributed by atoms with Gasteiger partial charge in [0, 0.05) is 7.05 Å². The number of imide groups is 1. The second-order valence-corrected chi connectivity index (χ2v) is 2.36. The molecule has 48 valence electrons. The Balaban J connectivity index is 2.33. The van der Waals surface area contributed by atoms with Crippen LogP contribution >= 0.6 is 0 Å². The molecule has 2 rings (SSSR count).